The van der Waals surface area contributed by atoms with Crippen LogP contribution in [-0.2, 0) is 4.74 Å². The highest BCUT2D eigenvalue weighted by atomic mass is 19.1. The number of halogens is 1. The van der Waals surface area contributed by atoms with Gasteiger partial charge in [-0.2, -0.15) is 0 Å². The fraction of sp³-hybridized carbons (Fsp3) is 0.538. The molecule has 1 aromatic carbocycles. The molecular weight excluding hydrogens is 205 g/mol. The minimum Gasteiger partial charge on any atom is -0.383 e. The van der Waals surface area contributed by atoms with E-state index in [0.717, 1.165) is 11.3 Å². The number of anilines is 1. The van der Waals surface area contributed by atoms with Crippen molar-refractivity contribution < 1.29 is 9.13 Å². The van der Waals surface area contributed by atoms with E-state index in [2.05, 4.69) is 19.2 Å². The second-order valence-corrected chi connectivity index (χ2v) is 4.47. The average molecular weight is 225 g/mol. The van der Waals surface area contributed by atoms with Crippen LogP contribution in [0.25, 0.3) is 0 Å². The molecule has 0 amide bonds. The Balaban J connectivity index is 2.76. The molecule has 0 radical (unpaired) electrons. The smallest absolute Gasteiger partial charge is 0.125 e. The highest BCUT2D eigenvalue weighted by molar-refractivity contribution is 5.46. The zero-order chi connectivity index (χ0) is 12.1. The topological polar surface area (TPSA) is 21.3 Å². The van der Waals surface area contributed by atoms with Crippen LogP contribution in [0.5, 0.6) is 0 Å². The maximum absolute atomic E-state index is 13.2. The van der Waals surface area contributed by atoms with Gasteiger partial charge in [0, 0.05) is 12.8 Å². The Labute approximate surface area is 96.8 Å². The second-order valence-electron chi connectivity index (χ2n) is 4.47. The lowest BCUT2D eigenvalue weighted by atomic mass is 10.0. The first-order chi connectivity index (χ1) is 7.52. The van der Waals surface area contributed by atoms with E-state index in [1.807, 2.05) is 13.0 Å². The summed E-state index contributed by atoms with van der Waals surface area (Å²) in [7, 11) is 1.67. The summed E-state index contributed by atoms with van der Waals surface area (Å²) in [5.41, 5.74) is 1.73. The number of ether oxygens (including phenoxy) is 1. The Bertz CT molecular complexity index is 318. The van der Waals surface area contributed by atoms with E-state index >= 15 is 0 Å². The molecule has 1 rings (SSSR count). The molecular formula is C13H20FNO. The molecule has 0 heterocycles. The van der Waals surface area contributed by atoms with Crippen LogP contribution >= 0.6 is 0 Å². The van der Waals surface area contributed by atoms with Gasteiger partial charge in [-0.25, -0.2) is 4.39 Å². The molecule has 3 heteroatoms. The van der Waals surface area contributed by atoms with E-state index in [9.17, 15) is 4.39 Å². The lowest BCUT2D eigenvalue weighted by Crippen LogP contribution is -2.30. The molecule has 1 N–H and O–H groups in total. The van der Waals surface area contributed by atoms with E-state index in [1.165, 1.54) is 12.1 Å². The molecule has 0 aromatic heterocycles. The molecule has 90 valence electrons. The fourth-order valence-corrected chi connectivity index (χ4v) is 1.61. The molecule has 0 saturated carbocycles. The van der Waals surface area contributed by atoms with E-state index < -0.39 is 0 Å². The molecule has 0 aliphatic carbocycles. The summed E-state index contributed by atoms with van der Waals surface area (Å²) in [5.74, 6) is 0.228. The molecule has 0 aliphatic rings. The zero-order valence-corrected chi connectivity index (χ0v) is 10.4. The van der Waals surface area contributed by atoms with Crippen LogP contribution in [0.4, 0.5) is 10.1 Å². The minimum absolute atomic E-state index is 0.200. The van der Waals surface area contributed by atoms with Crippen LogP contribution in [0.2, 0.25) is 0 Å². The minimum atomic E-state index is -0.206. The number of benzene rings is 1. The number of methoxy groups -OCH3 is 1. The fourth-order valence-electron chi connectivity index (χ4n) is 1.61. The van der Waals surface area contributed by atoms with Gasteiger partial charge in [0.1, 0.15) is 5.82 Å². The summed E-state index contributed by atoms with van der Waals surface area (Å²) < 4.78 is 18.3. The number of hydrogen-bond acceptors (Lipinski definition) is 2. The molecule has 1 aromatic rings. The summed E-state index contributed by atoms with van der Waals surface area (Å²) >= 11 is 0. The van der Waals surface area contributed by atoms with Gasteiger partial charge in [0.25, 0.3) is 0 Å². The van der Waals surface area contributed by atoms with Gasteiger partial charge in [-0.15, -0.1) is 0 Å². The van der Waals surface area contributed by atoms with Gasteiger partial charge in [-0.05, 0) is 36.6 Å². The first kappa shape index (κ1) is 13.0. The number of rotatable bonds is 5. The van der Waals surface area contributed by atoms with Crippen LogP contribution in [0.3, 0.4) is 0 Å². The van der Waals surface area contributed by atoms with Crippen molar-refractivity contribution in [3.8, 4) is 0 Å². The molecule has 1 atom stereocenters. The van der Waals surface area contributed by atoms with Crippen LogP contribution in [0.15, 0.2) is 18.2 Å². The molecule has 0 saturated heterocycles. The number of aryl methyl sites for hydroxylation is 1. The van der Waals surface area contributed by atoms with Gasteiger partial charge in [-0.1, -0.05) is 13.8 Å². The van der Waals surface area contributed by atoms with Gasteiger partial charge in [0.2, 0.25) is 0 Å². The third-order valence-electron chi connectivity index (χ3n) is 2.55. The average Bonchev–Trinajstić information content (AvgIpc) is 2.15. The molecule has 2 nitrogen and oxygen atoms in total. The van der Waals surface area contributed by atoms with Crippen molar-refractivity contribution in [2.75, 3.05) is 19.0 Å². The third kappa shape index (κ3) is 3.81. The van der Waals surface area contributed by atoms with E-state index in [-0.39, 0.29) is 11.9 Å². The summed E-state index contributed by atoms with van der Waals surface area (Å²) in [6.07, 6.45) is 0. The number of hydrogen-bond donors (Lipinski definition) is 1. The van der Waals surface area contributed by atoms with Gasteiger partial charge in [0.05, 0.1) is 12.6 Å². The van der Waals surface area contributed by atoms with Crippen molar-refractivity contribution in [3.05, 3.63) is 29.6 Å². The molecule has 16 heavy (non-hydrogen) atoms. The molecule has 0 aliphatic heterocycles. The van der Waals surface area contributed by atoms with E-state index in [4.69, 9.17) is 4.74 Å². The largest absolute Gasteiger partial charge is 0.383 e. The van der Waals surface area contributed by atoms with Gasteiger partial charge >= 0.3 is 0 Å². The summed E-state index contributed by atoms with van der Waals surface area (Å²) in [4.78, 5) is 0. The van der Waals surface area contributed by atoms with Crippen molar-refractivity contribution in [3.63, 3.8) is 0 Å². The van der Waals surface area contributed by atoms with Gasteiger partial charge in [-0.3, -0.25) is 0 Å². The van der Waals surface area contributed by atoms with Gasteiger partial charge < -0.3 is 10.1 Å². The van der Waals surface area contributed by atoms with E-state index in [1.54, 1.807) is 7.11 Å². The quantitative estimate of drug-likeness (QED) is 0.830. The molecule has 1 unspecified atom stereocenters. The monoisotopic (exact) mass is 225 g/mol. The lowest BCUT2D eigenvalue weighted by Gasteiger charge is -2.23. The van der Waals surface area contributed by atoms with Crippen LogP contribution in [0.1, 0.15) is 19.4 Å². The summed E-state index contributed by atoms with van der Waals surface area (Å²) in [5, 5.41) is 3.30. The highest BCUT2D eigenvalue weighted by Gasteiger charge is 2.13. The standard InChI is InChI=1S/C13H20FNO/c1-9(2)13(8-16-4)15-12-6-10(3)5-11(14)7-12/h5-7,9,13,15H,8H2,1-4H3. The SMILES string of the molecule is COCC(Nc1cc(C)cc(F)c1)C(C)C. The van der Waals surface area contributed by atoms with Crippen molar-refractivity contribution in [1.29, 1.82) is 0 Å². The first-order valence-corrected chi connectivity index (χ1v) is 5.55. The zero-order valence-electron chi connectivity index (χ0n) is 10.4. The Kier molecular flexibility index (Phi) is 4.74. The van der Waals surface area contributed by atoms with Crippen LogP contribution in [-0.4, -0.2) is 19.8 Å². The van der Waals surface area contributed by atoms with Gasteiger partial charge in [0.15, 0.2) is 0 Å². The predicted molar refractivity (Wildman–Crippen MR) is 65.3 cm³/mol. The molecule has 0 fully saturated rings. The van der Waals surface area contributed by atoms with Crippen LogP contribution < -0.4 is 5.32 Å². The maximum atomic E-state index is 13.2. The van der Waals surface area contributed by atoms with Crippen molar-refractivity contribution >= 4 is 5.69 Å². The normalized spacial score (nSPS) is 12.9. The summed E-state index contributed by atoms with van der Waals surface area (Å²) in [6, 6.07) is 5.17. The highest BCUT2D eigenvalue weighted by Crippen LogP contribution is 2.16. The molecule has 0 bridgehead atoms. The lowest BCUT2D eigenvalue weighted by molar-refractivity contribution is 0.171. The Morgan fingerprint density at radius 1 is 1.31 bits per heavy atom. The Morgan fingerprint density at radius 2 is 2.00 bits per heavy atom. The summed E-state index contributed by atoms with van der Waals surface area (Å²) in [6.45, 7) is 6.73. The predicted octanol–water partition coefficient (Wildman–Crippen LogP) is 3.22. The Morgan fingerprint density at radius 3 is 2.50 bits per heavy atom. The second kappa shape index (κ2) is 5.85. The first-order valence-electron chi connectivity index (χ1n) is 5.55. The Hall–Kier alpha value is -1.09. The van der Waals surface area contributed by atoms with Crippen molar-refractivity contribution in [2.45, 2.75) is 26.8 Å². The van der Waals surface area contributed by atoms with Crippen molar-refractivity contribution in [1.82, 2.24) is 0 Å². The maximum Gasteiger partial charge on any atom is 0.125 e. The third-order valence-corrected chi connectivity index (χ3v) is 2.55. The van der Waals surface area contributed by atoms with Crippen LogP contribution in [0, 0.1) is 18.7 Å². The van der Waals surface area contributed by atoms with Crippen molar-refractivity contribution in [2.24, 2.45) is 5.92 Å². The molecule has 0 spiro atoms. The number of nitrogens with one attached hydrogen (secondary N) is 1. The van der Waals surface area contributed by atoms with E-state index in [0.29, 0.717) is 12.5 Å².